The number of hydrogen-bond acceptors (Lipinski definition) is 3. The molecule has 28 heavy (non-hydrogen) atoms. The van der Waals surface area contributed by atoms with Crippen molar-refractivity contribution >= 4 is 17.5 Å². The SMILES string of the molecule is CCc1cc(=O)n(CC(=O)NCCC2=CCCCC2)c(-c2cccc(Cl)c2)n1. The molecule has 5 nitrogen and oxygen atoms in total. The fourth-order valence-corrected chi connectivity index (χ4v) is 3.62. The Morgan fingerprint density at radius 3 is 2.86 bits per heavy atom. The molecule has 0 bridgehead atoms. The van der Waals surface area contributed by atoms with Gasteiger partial charge in [0.15, 0.2) is 0 Å². The Morgan fingerprint density at radius 1 is 1.29 bits per heavy atom. The molecule has 2 aromatic rings. The third-order valence-corrected chi connectivity index (χ3v) is 5.20. The van der Waals surface area contributed by atoms with Crippen LogP contribution in [0.25, 0.3) is 11.4 Å². The number of rotatable bonds is 7. The molecule has 0 saturated heterocycles. The molecule has 148 valence electrons. The second-order valence-electron chi connectivity index (χ2n) is 7.07. The van der Waals surface area contributed by atoms with Gasteiger partial charge in [-0.15, -0.1) is 0 Å². The van der Waals surface area contributed by atoms with E-state index in [9.17, 15) is 9.59 Å². The Morgan fingerprint density at radius 2 is 2.14 bits per heavy atom. The Hall–Kier alpha value is -2.40. The first-order valence-electron chi connectivity index (χ1n) is 9.88. The molecule has 1 aromatic heterocycles. The quantitative estimate of drug-likeness (QED) is 0.712. The van der Waals surface area contributed by atoms with E-state index in [1.807, 2.05) is 19.1 Å². The number of aromatic nitrogens is 2. The molecule has 3 rings (SSSR count). The van der Waals surface area contributed by atoms with Crippen LogP contribution in [0.3, 0.4) is 0 Å². The smallest absolute Gasteiger partial charge is 0.254 e. The Bertz CT molecular complexity index is 934. The molecular formula is C22H26ClN3O2. The molecule has 6 heteroatoms. The Balaban J connectivity index is 1.76. The molecule has 0 fully saturated rings. The maximum atomic E-state index is 12.6. The zero-order chi connectivity index (χ0) is 19.9. The van der Waals surface area contributed by atoms with Crippen molar-refractivity contribution in [2.24, 2.45) is 0 Å². The van der Waals surface area contributed by atoms with Crippen molar-refractivity contribution in [2.75, 3.05) is 6.54 Å². The van der Waals surface area contributed by atoms with Gasteiger partial charge in [-0.25, -0.2) is 4.98 Å². The van der Waals surface area contributed by atoms with E-state index in [0.717, 1.165) is 24.8 Å². The Labute approximate surface area is 170 Å². The largest absolute Gasteiger partial charge is 0.354 e. The number of allylic oxidation sites excluding steroid dienone is 1. The summed E-state index contributed by atoms with van der Waals surface area (Å²) in [6.07, 6.45) is 8.54. The summed E-state index contributed by atoms with van der Waals surface area (Å²) in [5.74, 6) is 0.282. The van der Waals surface area contributed by atoms with E-state index >= 15 is 0 Å². The first-order chi connectivity index (χ1) is 13.6. The van der Waals surface area contributed by atoms with Crippen LogP contribution in [0.15, 0.2) is 46.8 Å². The summed E-state index contributed by atoms with van der Waals surface area (Å²) in [6, 6.07) is 8.67. The number of halogens is 1. The number of amides is 1. The van der Waals surface area contributed by atoms with Crippen molar-refractivity contribution in [1.82, 2.24) is 14.9 Å². The number of nitrogens with zero attached hydrogens (tertiary/aromatic N) is 2. The molecule has 0 radical (unpaired) electrons. The normalized spacial score (nSPS) is 13.9. The first kappa shape index (κ1) is 20.3. The van der Waals surface area contributed by atoms with Gasteiger partial charge in [0.2, 0.25) is 5.91 Å². The summed E-state index contributed by atoms with van der Waals surface area (Å²) in [5, 5.41) is 3.49. The average molecular weight is 400 g/mol. The highest BCUT2D eigenvalue weighted by molar-refractivity contribution is 6.30. The number of aryl methyl sites for hydroxylation is 1. The van der Waals surface area contributed by atoms with Crippen molar-refractivity contribution in [3.05, 3.63) is 63.1 Å². The molecule has 1 aromatic carbocycles. The number of carbonyl (C=O) groups excluding carboxylic acids is 1. The van der Waals surface area contributed by atoms with E-state index in [4.69, 9.17) is 11.6 Å². The number of nitrogens with one attached hydrogen (secondary N) is 1. The van der Waals surface area contributed by atoms with Gasteiger partial charge in [-0.05, 0) is 50.7 Å². The van der Waals surface area contributed by atoms with E-state index in [0.29, 0.717) is 29.5 Å². The van der Waals surface area contributed by atoms with Crippen LogP contribution in [-0.4, -0.2) is 22.0 Å². The second kappa shape index (κ2) is 9.69. The molecule has 1 aliphatic rings. The minimum absolute atomic E-state index is 0.0588. The fourth-order valence-electron chi connectivity index (χ4n) is 3.43. The second-order valence-corrected chi connectivity index (χ2v) is 7.50. The lowest BCUT2D eigenvalue weighted by Gasteiger charge is -2.15. The minimum atomic E-state index is -0.230. The summed E-state index contributed by atoms with van der Waals surface area (Å²) in [4.78, 5) is 29.7. The van der Waals surface area contributed by atoms with Crippen LogP contribution in [-0.2, 0) is 17.8 Å². The predicted molar refractivity (Wildman–Crippen MR) is 112 cm³/mol. The molecule has 0 spiro atoms. The predicted octanol–water partition coefficient (Wildman–Crippen LogP) is 4.13. The maximum Gasteiger partial charge on any atom is 0.254 e. The van der Waals surface area contributed by atoms with E-state index in [1.54, 1.807) is 12.1 Å². The standard InChI is InChI=1S/C22H26ClN3O2/c1-2-19-14-21(28)26(22(25-19)17-9-6-10-18(23)13-17)15-20(27)24-12-11-16-7-4-3-5-8-16/h6-7,9-10,13-14H,2-5,8,11-12,15H2,1H3,(H,24,27). The van der Waals surface area contributed by atoms with Crippen molar-refractivity contribution in [1.29, 1.82) is 0 Å². The number of carbonyl (C=O) groups is 1. The van der Waals surface area contributed by atoms with Crippen molar-refractivity contribution in [3.63, 3.8) is 0 Å². The molecule has 0 saturated carbocycles. The summed E-state index contributed by atoms with van der Waals surface area (Å²) in [6.45, 7) is 2.48. The summed E-state index contributed by atoms with van der Waals surface area (Å²) in [7, 11) is 0. The molecule has 1 N–H and O–H groups in total. The van der Waals surface area contributed by atoms with Crippen LogP contribution in [0, 0.1) is 0 Å². The summed E-state index contributed by atoms with van der Waals surface area (Å²) < 4.78 is 1.42. The molecule has 0 aliphatic heterocycles. The zero-order valence-electron chi connectivity index (χ0n) is 16.2. The lowest BCUT2D eigenvalue weighted by atomic mass is 9.97. The lowest BCUT2D eigenvalue weighted by molar-refractivity contribution is -0.121. The van der Waals surface area contributed by atoms with Crippen molar-refractivity contribution in [3.8, 4) is 11.4 Å². The van der Waals surface area contributed by atoms with E-state index in [2.05, 4.69) is 16.4 Å². The zero-order valence-corrected chi connectivity index (χ0v) is 17.0. The van der Waals surface area contributed by atoms with Gasteiger partial charge in [0.1, 0.15) is 12.4 Å². The van der Waals surface area contributed by atoms with Crippen LogP contribution in [0.4, 0.5) is 0 Å². The summed E-state index contributed by atoms with van der Waals surface area (Å²) in [5.41, 5.74) is 2.60. The van der Waals surface area contributed by atoms with Crippen molar-refractivity contribution < 1.29 is 4.79 Å². The van der Waals surface area contributed by atoms with Gasteiger partial charge < -0.3 is 5.32 Å². The molecule has 1 heterocycles. The van der Waals surface area contributed by atoms with Crippen LogP contribution < -0.4 is 10.9 Å². The first-order valence-corrected chi connectivity index (χ1v) is 10.3. The molecule has 0 atom stereocenters. The highest BCUT2D eigenvalue weighted by atomic mass is 35.5. The van der Waals surface area contributed by atoms with Crippen LogP contribution in [0.1, 0.15) is 44.7 Å². The van der Waals surface area contributed by atoms with Gasteiger partial charge >= 0.3 is 0 Å². The topological polar surface area (TPSA) is 64.0 Å². The lowest BCUT2D eigenvalue weighted by Crippen LogP contribution is -2.34. The van der Waals surface area contributed by atoms with Gasteiger partial charge in [0.25, 0.3) is 5.56 Å². The highest BCUT2D eigenvalue weighted by Crippen LogP contribution is 2.21. The Kier molecular flexibility index (Phi) is 7.04. The molecule has 1 aliphatic carbocycles. The summed E-state index contributed by atoms with van der Waals surface area (Å²) >= 11 is 6.11. The monoisotopic (exact) mass is 399 g/mol. The molecule has 0 unspecified atom stereocenters. The minimum Gasteiger partial charge on any atom is -0.354 e. The third-order valence-electron chi connectivity index (χ3n) is 4.96. The van der Waals surface area contributed by atoms with Gasteiger partial charge in [-0.3, -0.25) is 14.2 Å². The van der Waals surface area contributed by atoms with E-state index < -0.39 is 0 Å². The van der Waals surface area contributed by atoms with Crippen molar-refractivity contribution in [2.45, 2.75) is 52.0 Å². The fraction of sp³-hybridized carbons (Fsp3) is 0.409. The van der Waals surface area contributed by atoms with Gasteiger partial charge in [0, 0.05) is 28.9 Å². The third kappa shape index (κ3) is 5.32. The average Bonchev–Trinajstić information content (AvgIpc) is 2.70. The van der Waals surface area contributed by atoms with E-state index in [1.165, 1.54) is 29.0 Å². The van der Waals surface area contributed by atoms with E-state index in [-0.39, 0.29) is 18.0 Å². The van der Waals surface area contributed by atoms with Gasteiger partial charge in [-0.1, -0.05) is 42.3 Å². The molecule has 1 amide bonds. The van der Waals surface area contributed by atoms with Gasteiger partial charge in [-0.2, -0.15) is 0 Å². The van der Waals surface area contributed by atoms with Crippen LogP contribution >= 0.6 is 11.6 Å². The van der Waals surface area contributed by atoms with Crippen LogP contribution in [0.2, 0.25) is 5.02 Å². The van der Waals surface area contributed by atoms with Gasteiger partial charge in [0.05, 0.1) is 0 Å². The number of hydrogen-bond donors (Lipinski definition) is 1. The maximum absolute atomic E-state index is 12.6. The number of benzene rings is 1. The van der Waals surface area contributed by atoms with Crippen LogP contribution in [0.5, 0.6) is 0 Å². The molecular weight excluding hydrogens is 374 g/mol. The highest BCUT2D eigenvalue weighted by Gasteiger charge is 2.14.